The molecule has 0 saturated heterocycles. The van der Waals surface area contributed by atoms with Gasteiger partial charge in [0.25, 0.3) is 0 Å². The van der Waals surface area contributed by atoms with Gasteiger partial charge in [-0.05, 0) is 53.4 Å². The van der Waals surface area contributed by atoms with Crippen molar-refractivity contribution in [2.75, 3.05) is 7.11 Å². The first-order chi connectivity index (χ1) is 13.0. The number of hydrogen-bond acceptors (Lipinski definition) is 3. The Hall–Kier alpha value is -2.17. The van der Waals surface area contributed by atoms with Gasteiger partial charge in [-0.1, -0.05) is 51.8 Å². The number of methoxy groups -OCH3 is 1. The summed E-state index contributed by atoms with van der Waals surface area (Å²) in [6.45, 7) is 1.98. The van der Waals surface area contributed by atoms with Gasteiger partial charge in [-0.2, -0.15) is 0 Å². The quantitative estimate of drug-likeness (QED) is 0.485. The average Bonchev–Trinajstić information content (AvgIpc) is 2.66. The molecule has 0 amide bonds. The highest BCUT2D eigenvalue weighted by Crippen LogP contribution is 2.31. The highest BCUT2D eigenvalue weighted by molar-refractivity contribution is 9.10. The van der Waals surface area contributed by atoms with Crippen LogP contribution in [0.3, 0.4) is 0 Å². The molecule has 3 rings (SSSR count). The first-order valence-electron chi connectivity index (χ1n) is 8.51. The molecule has 2 aromatic carbocycles. The van der Waals surface area contributed by atoms with Crippen LogP contribution in [0, 0.1) is 6.92 Å². The van der Waals surface area contributed by atoms with Crippen molar-refractivity contribution in [2.45, 2.75) is 19.3 Å². The molecule has 0 N–H and O–H groups in total. The first-order valence-corrected chi connectivity index (χ1v) is 9.68. The van der Waals surface area contributed by atoms with Gasteiger partial charge in [-0.15, -0.1) is 0 Å². The lowest BCUT2D eigenvalue weighted by molar-refractivity contribution is -0.119. The summed E-state index contributed by atoms with van der Waals surface area (Å²) < 4.78 is 6.06. The molecule has 5 heteroatoms. The third-order valence-corrected chi connectivity index (χ3v) is 5.22. The lowest BCUT2D eigenvalue weighted by atomic mass is 9.83. The van der Waals surface area contributed by atoms with E-state index in [2.05, 4.69) is 20.9 Å². The van der Waals surface area contributed by atoms with Crippen molar-refractivity contribution in [3.63, 3.8) is 0 Å². The second kappa shape index (κ2) is 8.68. The standard InChI is InChI=1S/C22H19BrClNO2/c1-14-11-18(24)8-9-19(14)22(16-4-6-17(23)7-5-16)20(26)12-15-3-10-21(27-2)25-13-15/h3-11,13,22H,12H2,1-2H3. The number of Topliss-reactive ketones (excluding diaryl/α,β-unsaturated/α-hetero) is 1. The predicted molar refractivity (Wildman–Crippen MR) is 112 cm³/mol. The predicted octanol–water partition coefficient (Wildman–Crippen LogP) is 5.76. The number of carbonyl (C=O) groups excluding carboxylic acids is 1. The summed E-state index contributed by atoms with van der Waals surface area (Å²) in [5.74, 6) is 0.274. The Morgan fingerprint density at radius 3 is 2.48 bits per heavy atom. The van der Waals surface area contributed by atoms with Gasteiger partial charge < -0.3 is 4.74 Å². The number of carbonyl (C=O) groups is 1. The Morgan fingerprint density at radius 2 is 1.89 bits per heavy atom. The molecule has 0 aliphatic rings. The summed E-state index contributed by atoms with van der Waals surface area (Å²) in [6.07, 6.45) is 1.98. The smallest absolute Gasteiger partial charge is 0.212 e. The number of aryl methyl sites for hydroxylation is 1. The van der Waals surface area contributed by atoms with E-state index in [-0.39, 0.29) is 11.7 Å². The molecule has 0 radical (unpaired) electrons. The third-order valence-electron chi connectivity index (χ3n) is 4.45. The number of ketones is 1. The summed E-state index contributed by atoms with van der Waals surface area (Å²) in [6, 6.07) is 17.2. The minimum Gasteiger partial charge on any atom is -0.481 e. The van der Waals surface area contributed by atoms with Gasteiger partial charge in [0.2, 0.25) is 5.88 Å². The molecule has 3 nitrogen and oxygen atoms in total. The second-order valence-corrected chi connectivity index (χ2v) is 7.69. The fourth-order valence-corrected chi connectivity index (χ4v) is 3.59. The third kappa shape index (κ3) is 4.76. The molecule has 0 saturated carbocycles. The molecular formula is C22H19BrClNO2. The van der Waals surface area contributed by atoms with Gasteiger partial charge in [0.15, 0.2) is 0 Å². The second-order valence-electron chi connectivity index (χ2n) is 6.34. The summed E-state index contributed by atoms with van der Waals surface area (Å²) in [7, 11) is 1.57. The van der Waals surface area contributed by atoms with Gasteiger partial charge in [0, 0.05) is 28.2 Å². The average molecular weight is 445 g/mol. The van der Waals surface area contributed by atoms with Crippen molar-refractivity contribution in [3.05, 3.63) is 92.5 Å². The van der Waals surface area contributed by atoms with Gasteiger partial charge in [0.05, 0.1) is 13.0 Å². The van der Waals surface area contributed by atoms with E-state index in [0.29, 0.717) is 17.3 Å². The van der Waals surface area contributed by atoms with Crippen LogP contribution in [0.5, 0.6) is 5.88 Å². The molecule has 0 spiro atoms. The van der Waals surface area contributed by atoms with E-state index in [0.717, 1.165) is 26.7 Å². The van der Waals surface area contributed by atoms with Crippen LogP contribution >= 0.6 is 27.5 Å². The lowest BCUT2D eigenvalue weighted by Gasteiger charge is -2.19. The Bertz CT molecular complexity index is 940. The van der Waals surface area contributed by atoms with E-state index in [1.54, 1.807) is 19.4 Å². The number of nitrogens with zero attached hydrogens (tertiary/aromatic N) is 1. The maximum atomic E-state index is 13.3. The zero-order chi connectivity index (χ0) is 19.4. The monoisotopic (exact) mass is 443 g/mol. The number of pyridine rings is 1. The number of ether oxygens (including phenoxy) is 1. The van der Waals surface area contributed by atoms with E-state index < -0.39 is 0 Å². The number of halogens is 2. The Kier molecular flexibility index (Phi) is 6.30. The van der Waals surface area contributed by atoms with Crippen molar-refractivity contribution < 1.29 is 9.53 Å². The molecule has 0 bridgehead atoms. The molecule has 27 heavy (non-hydrogen) atoms. The fourth-order valence-electron chi connectivity index (χ4n) is 3.10. The summed E-state index contributed by atoms with van der Waals surface area (Å²) >= 11 is 9.57. The summed E-state index contributed by atoms with van der Waals surface area (Å²) in [4.78, 5) is 17.5. The van der Waals surface area contributed by atoms with Crippen LogP contribution in [-0.4, -0.2) is 17.9 Å². The summed E-state index contributed by atoms with van der Waals surface area (Å²) in [5.41, 5.74) is 3.77. The van der Waals surface area contributed by atoms with Crippen LogP contribution in [0.1, 0.15) is 28.2 Å². The number of benzene rings is 2. The van der Waals surface area contributed by atoms with Crippen molar-refractivity contribution >= 4 is 33.3 Å². The molecule has 138 valence electrons. The molecule has 3 aromatic rings. The van der Waals surface area contributed by atoms with Crippen LogP contribution in [-0.2, 0) is 11.2 Å². The molecule has 1 unspecified atom stereocenters. The molecular weight excluding hydrogens is 426 g/mol. The SMILES string of the molecule is COc1ccc(CC(=O)C(c2ccc(Br)cc2)c2ccc(Cl)cc2C)cn1. The van der Waals surface area contributed by atoms with Gasteiger partial charge in [-0.3, -0.25) is 4.79 Å². The van der Waals surface area contributed by atoms with Gasteiger partial charge >= 0.3 is 0 Å². The minimum atomic E-state index is -0.363. The van der Waals surface area contributed by atoms with E-state index in [1.807, 2.05) is 55.5 Å². The lowest BCUT2D eigenvalue weighted by Crippen LogP contribution is -2.17. The number of hydrogen-bond donors (Lipinski definition) is 0. The Morgan fingerprint density at radius 1 is 1.15 bits per heavy atom. The van der Waals surface area contributed by atoms with Crippen molar-refractivity contribution in [1.82, 2.24) is 4.98 Å². The van der Waals surface area contributed by atoms with Gasteiger partial charge in [-0.25, -0.2) is 4.98 Å². The van der Waals surface area contributed by atoms with Gasteiger partial charge in [0.1, 0.15) is 5.78 Å². The van der Waals surface area contributed by atoms with Crippen LogP contribution in [0.15, 0.2) is 65.3 Å². The highest BCUT2D eigenvalue weighted by Gasteiger charge is 2.24. The van der Waals surface area contributed by atoms with Crippen LogP contribution in [0.4, 0.5) is 0 Å². The molecule has 1 aromatic heterocycles. The van der Waals surface area contributed by atoms with Crippen LogP contribution in [0.25, 0.3) is 0 Å². The summed E-state index contributed by atoms with van der Waals surface area (Å²) in [5, 5.41) is 0.664. The van der Waals surface area contributed by atoms with E-state index >= 15 is 0 Å². The zero-order valence-corrected chi connectivity index (χ0v) is 17.4. The zero-order valence-electron chi connectivity index (χ0n) is 15.1. The van der Waals surface area contributed by atoms with Crippen LogP contribution < -0.4 is 4.74 Å². The molecule has 0 aliphatic carbocycles. The maximum absolute atomic E-state index is 13.3. The van der Waals surface area contributed by atoms with Crippen molar-refractivity contribution in [2.24, 2.45) is 0 Å². The normalized spacial score (nSPS) is 11.9. The largest absolute Gasteiger partial charge is 0.481 e. The minimum absolute atomic E-state index is 0.106. The topological polar surface area (TPSA) is 39.2 Å². The molecule has 1 heterocycles. The highest BCUT2D eigenvalue weighted by atomic mass is 79.9. The van der Waals surface area contributed by atoms with Crippen molar-refractivity contribution in [1.29, 1.82) is 0 Å². The molecule has 0 fully saturated rings. The first kappa shape index (κ1) is 19.6. The van der Waals surface area contributed by atoms with E-state index in [1.165, 1.54) is 0 Å². The maximum Gasteiger partial charge on any atom is 0.212 e. The van der Waals surface area contributed by atoms with E-state index in [9.17, 15) is 4.79 Å². The van der Waals surface area contributed by atoms with E-state index in [4.69, 9.17) is 16.3 Å². The molecule has 0 aliphatic heterocycles. The Labute approximate surface area is 172 Å². The number of rotatable bonds is 6. The number of aromatic nitrogens is 1. The Balaban J connectivity index is 1.97. The van der Waals surface area contributed by atoms with Crippen molar-refractivity contribution in [3.8, 4) is 5.88 Å². The fraction of sp³-hybridized carbons (Fsp3) is 0.182. The van der Waals surface area contributed by atoms with Crippen LogP contribution in [0.2, 0.25) is 5.02 Å². The molecule has 1 atom stereocenters.